The summed E-state index contributed by atoms with van der Waals surface area (Å²) < 4.78 is 0. The van der Waals surface area contributed by atoms with Crippen LogP contribution in [0.15, 0.2) is 24.3 Å². The lowest BCUT2D eigenvalue weighted by molar-refractivity contribution is -0.126. The highest BCUT2D eigenvalue weighted by atomic mass is 16.2. The molecule has 0 radical (unpaired) electrons. The molecule has 0 saturated carbocycles. The molecule has 1 atom stereocenters. The molecule has 0 spiro atoms. The van der Waals surface area contributed by atoms with Crippen LogP contribution in [-0.4, -0.2) is 30.3 Å². The number of imide groups is 1. The molecule has 2 rings (SSSR count). The van der Waals surface area contributed by atoms with Gasteiger partial charge in [-0.05, 0) is 30.4 Å². The van der Waals surface area contributed by atoms with E-state index in [0.29, 0.717) is 24.4 Å². The van der Waals surface area contributed by atoms with Crippen molar-refractivity contribution in [3.05, 3.63) is 35.4 Å². The number of hydrogen-bond donors (Lipinski definition) is 4. The molecule has 1 aliphatic rings. The highest BCUT2D eigenvalue weighted by Gasteiger charge is 2.43. The fourth-order valence-corrected chi connectivity index (χ4v) is 2.65. The maximum absolute atomic E-state index is 11.9. The number of nitrogens with one attached hydrogen (secondary N) is 4. The first kappa shape index (κ1) is 20.4. The molecule has 0 aliphatic carbocycles. The van der Waals surface area contributed by atoms with Crippen LogP contribution in [0.1, 0.15) is 44.7 Å². The lowest BCUT2D eigenvalue weighted by Crippen LogP contribution is -2.40. The van der Waals surface area contributed by atoms with Gasteiger partial charge < -0.3 is 16.0 Å². The quantitative estimate of drug-likeness (QED) is 0.506. The third-order valence-corrected chi connectivity index (χ3v) is 4.46. The second kappa shape index (κ2) is 8.66. The van der Waals surface area contributed by atoms with Crippen LogP contribution in [0.2, 0.25) is 0 Å². The van der Waals surface area contributed by atoms with Gasteiger partial charge in [-0.2, -0.15) is 0 Å². The second-order valence-electron chi connectivity index (χ2n) is 7.22. The zero-order valence-electron chi connectivity index (χ0n) is 15.8. The van der Waals surface area contributed by atoms with Gasteiger partial charge >= 0.3 is 6.03 Å². The molecule has 1 aromatic rings. The van der Waals surface area contributed by atoms with Gasteiger partial charge in [0.15, 0.2) is 0 Å². The molecule has 8 nitrogen and oxygen atoms in total. The van der Waals surface area contributed by atoms with E-state index in [0.717, 1.165) is 12.0 Å². The van der Waals surface area contributed by atoms with Crippen molar-refractivity contribution in [1.29, 1.82) is 0 Å². The maximum Gasteiger partial charge on any atom is 0.322 e. The Morgan fingerprint density at radius 3 is 2.30 bits per heavy atom. The van der Waals surface area contributed by atoms with Crippen molar-refractivity contribution >= 4 is 23.8 Å². The van der Waals surface area contributed by atoms with E-state index >= 15 is 0 Å². The van der Waals surface area contributed by atoms with E-state index < -0.39 is 17.5 Å². The summed E-state index contributed by atoms with van der Waals surface area (Å²) in [7, 11) is 0. The average molecular weight is 374 g/mol. The highest BCUT2D eigenvalue weighted by molar-refractivity contribution is 6.07. The van der Waals surface area contributed by atoms with Crippen molar-refractivity contribution in [3.8, 4) is 0 Å². The standard InChI is InChI=1S/C19H26N4O4/c1-12(2)4-9-15(24)21-11-16(25)20-10-13-5-7-14(8-6-13)19(3)17(26)22-18(27)23-19/h5-8,12H,4,9-11H2,1-3H3,(H,20,25)(H,21,24)(H2,22,23,26,27). The van der Waals surface area contributed by atoms with E-state index in [2.05, 4.69) is 21.3 Å². The molecule has 1 aromatic carbocycles. The first-order valence-corrected chi connectivity index (χ1v) is 8.97. The second-order valence-corrected chi connectivity index (χ2v) is 7.22. The average Bonchev–Trinajstić information content (AvgIpc) is 2.89. The molecule has 1 fully saturated rings. The number of carbonyl (C=O) groups excluding carboxylic acids is 4. The topological polar surface area (TPSA) is 116 Å². The molecule has 1 unspecified atom stereocenters. The Hall–Kier alpha value is -2.90. The highest BCUT2D eigenvalue weighted by Crippen LogP contribution is 2.24. The van der Waals surface area contributed by atoms with E-state index in [4.69, 9.17) is 0 Å². The van der Waals surface area contributed by atoms with Gasteiger partial charge in [0.2, 0.25) is 11.8 Å². The fourth-order valence-electron chi connectivity index (χ4n) is 2.65. The summed E-state index contributed by atoms with van der Waals surface area (Å²) in [5.41, 5.74) is 0.393. The van der Waals surface area contributed by atoms with Crippen LogP contribution in [-0.2, 0) is 26.5 Å². The number of carbonyl (C=O) groups is 4. The van der Waals surface area contributed by atoms with Crippen molar-refractivity contribution < 1.29 is 19.2 Å². The van der Waals surface area contributed by atoms with Gasteiger partial charge in [0, 0.05) is 13.0 Å². The number of hydrogen-bond acceptors (Lipinski definition) is 4. The minimum Gasteiger partial charge on any atom is -0.350 e. The van der Waals surface area contributed by atoms with Gasteiger partial charge in [-0.3, -0.25) is 19.7 Å². The predicted molar refractivity (Wildman–Crippen MR) is 99.4 cm³/mol. The van der Waals surface area contributed by atoms with Gasteiger partial charge in [-0.25, -0.2) is 4.79 Å². The summed E-state index contributed by atoms with van der Waals surface area (Å²) in [6.45, 7) is 5.96. The summed E-state index contributed by atoms with van der Waals surface area (Å²) in [6.07, 6.45) is 1.20. The first-order valence-electron chi connectivity index (χ1n) is 8.97. The van der Waals surface area contributed by atoms with Crippen molar-refractivity contribution in [3.63, 3.8) is 0 Å². The Bertz CT molecular complexity index is 730. The fraction of sp³-hybridized carbons (Fsp3) is 0.474. The maximum atomic E-state index is 11.9. The van der Waals surface area contributed by atoms with E-state index in [9.17, 15) is 19.2 Å². The van der Waals surface area contributed by atoms with E-state index in [1.165, 1.54) is 0 Å². The summed E-state index contributed by atoms with van der Waals surface area (Å²) in [6, 6.07) is 6.51. The molecule has 5 amide bonds. The normalized spacial score (nSPS) is 18.8. The molecule has 0 bridgehead atoms. The van der Waals surface area contributed by atoms with E-state index in [1.807, 2.05) is 13.8 Å². The number of rotatable bonds is 8. The largest absolute Gasteiger partial charge is 0.350 e. The van der Waals surface area contributed by atoms with Crippen LogP contribution >= 0.6 is 0 Å². The first-order chi connectivity index (χ1) is 12.7. The Kier molecular flexibility index (Phi) is 6.55. The Morgan fingerprint density at radius 1 is 1.07 bits per heavy atom. The van der Waals surface area contributed by atoms with Gasteiger partial charge in [-0.15, -0.1) is 0 Å². The third-order valence-electron chi connectivity index (χ3n) is 4.46. The molecule has 146 valence electrons. The van der Waals surface area contributed by atoms with Crippen LogP contribution in [0.5, 0.6) is 0 Å². The van der Waals surface area contributed by atoms with Crippen LogP contribution in [0.25, 0.3) is 0 Å². The van der Waals surface area contributed by atoms with E-state index in [1.54, 1.807) is 31.2 Å². The van der Waals surface area contributed by atoms with Crippen molar-refractivity contribution in [1.82, 2.24) is 21.3 Å². The van der Waals surface area contributed by atoms with Gasteiger partial charge in [0.25, 0.3) is 5.91 Å². The molecule has 1 heterocycles. The van der Waals surface area contributed by atoms with Gasteiger partial charge in [0.1, 0.15) is 5.54 Å². The molecule has 1 aliphatic heterocycles. The predicted octanol–water partition coefficient (Wildman–Crippen LogP) is 0.910. The van der Waals surface area contributed by atoms with Crippen molar-refractivity contribution in [2.24, 2.45) is 5.92 Å². The molecule has 0 aromatic heterocycles. The summed E-state index contributed by atoms with van der Waals surface area (Å²) in [5.74, 6) is -0.361. The van der Waals surface area contributed by atoms with Crippen LogP contribution in [0.4, 0.5) is 4.79 Å². The zero-order chi connectivity index (χ0) is 20.0. The summed E-state index contributed by atoms with van der Waals surface area (Å²) >= 11 is 0. The molecule has 1 saturated heterocycles. The van der Waals surface area contributed by atoms with Crippen molar-refractivity contribution in [2.45, 2.75) is 45.7 Å². The van der Waals surface area contributed by atoms with Crippen LogP contribution in [0.3, 0.4) is 0 Å². The third kappa shape index (κ3) is 5.54. The lowest BCUT2D eigenvalue weighted by atomic mass is 9.91. The molecule has 27 heavy (non-hydrogen) atoms. The SMILES string of the molecule is CC(C)CCC(=O)NCC(=O)NCc1ccc(C2(C)NC(=O)NC2=O)cc1. The molecular formula is C19H26N4O4. The molecular weight excluding hydrogens is 348 g/mol. The molecule has 8 heteroatoms. The number of amides is 5. The Balaban J connectivity index is 1.80. The Labute approximate surface area is 158 Å². The molecule has 4 N–H and O–H groups in total. The van der Waals surface area contributed by atoms with Gasteiger partial charge in [-0.1, -0.05) is 38.1 Å². The van der Waals surface area contributed by atoms with Crippen molar-refractivity contribution in [2.75, 3.05) is 6.54 Å². The monoisotopic (exact) mass is 374 g/mol. The van der Waals surface area contributed by atoms with Gasteiger partial charge in [0.05, 0.1) is 6.54 Å². The number of urea groups is 1. The summed E-state index contributed by atoms with van der Waals surface area (Å²) in [4.78, 5) is 46.7. The minimum atomic E-state index is -1.10. The minimum absolute atomic E-state index is 0.0563. The smallest absolute Gasteiger partial charge is 0.322 e. The van der Waals surface area contributed by atoms with E-state index in [-0.39, 0.29) is 18.4 Å². The number of benzene rings is 1. The Morgan fingerprint density at radius 2 is 1.74 bits per heavy atom. The lowest BCUT2D eigenvalue weighted by Gasteiger charge is -2.21. The zero-order valence-corrected chi connectivity index (χ0v) is 15.8. The summed E-state index contributed by atoms with van der Waals surface area (Å²) in [5, 5.41) is 10.1. The van der Waals surface area contributed by atoms with Crippen LogP contribution in [0, 0.1) is 5.92 Å². The van der Waals surface area contributed by atoms with Crippen LogP contribution < -0.4 is 21.3 Å².